The highest BCUT2D eigenvalue weighted by atomic mass is 32.2. The molecule has 0 aromatic carbocycles. The van der Waals surface area contributed by atoms with E-state index in [1.807, 2.05) is 18.2 Å². The molecule has 0 saturated carbocycles. The monoisotopic (exact) mass is 546 g/mol. The number of nitrogens with zero attached hydrogens (tertiary/aromatic N) is 4. The molecule has 4 rings (SSSR count). The van der Waals surface area contributed by atoms with Crippen molar-refractivity contribution in [2.45, 2.75) is 43.5 Å². The second-order valence-electron chi connectivity index (χ2n) is 8.60. The Labute approximate surface area is 218 Å². The van der Waals surface area contributed by atoms with Crippen LogP contribution in [0.3, 0.4) is 0 Å². The van der Waals surface area contributed by atoms with Gasteiger partial charge in [-0.15, -0.1) is 23.1 Å². The first kappa shape index (κ1) is 26.1. The van der Waals surface area contributed by atoms with Gasteiger partial charge in [-0.3, -0.25) is 9.59 Å². The third-order valence-corrected chi connectivity index (χ3v) is 7.46. The minimum atomic E-state index is -1.86. The first-order chi connectivity index (χ1) is 17.5. The molecule has 0 aliphatic carbocycles. The molecule has 1 unspecified atom stereocenters. The summed E-state index contributed by atoms with van der Waals surface area (Å²) in [4.78, 5) is 59.7. The van der Waals surface area contributed by atoms with Crippen LogP contribution in [0.2, 0.25) is 0 Å². The highest BCUT2D eigenvalue weighted by molar-refractivity contribution is 8.02. The van der Waals surface area contributed by atoms with Crippen LogP contribution in [-0.2, 0) is 30.6 Å². The van der Waals surface area contributed by atoms with E-state index in [9.17, 15) is 29.4 Å². The number of anilines is 1. The fraction of sp³-hybridized carbons (Fsp3) is 0.318. The van der Waals surface area contributed by atoms with Crippen molar-refractivity contribution in [3.8, 4) is 0 Å². The van der Waals surface area contributed by atoms with Gasteiger partial charge in [0.05, 0.1) is 5.97 Å². The number of pyridine rings is 1. The Bertz CT molecular complexity index is 1310. The van der Waals surface area contributed by atoms with Crippen molar-refractivity contribution in [2.24, 2.45) is 5.16 Å². The van der Waals surface area contributed by atoms with Gasteiger partial charge >= 0.3 is 5.97 Å². The average molecular weight is 547 g/mol. The quantitative estimate of drug-likeness (QED) is 0.147. The van der Waals surface area contributed by atoms with Gasteiger partial charge in [-0.2, -0.15) is 0 Å². The van der Waals surface area contributed by atoms with Gasteiger partial charge in [0, 0.05) is 23.1 Å². The Balaban J connectivity index is 1.54. The second kappa shape index (κ2) is 10.2. The Kier molecular flexibility index (Phi) is 7.18. The number of aromatic nitrogens is 2. The van der Waals surface area contributed by atoms with Crippen LogP contribution in [-0.4, -0.2) is 67.5 Å². The normalized spacial score (nSPS) is 21.4. The fourth-order valence-corrected chi connectivity index (χ4v) is 5.36. The zero-order valence-electron chi connectivity index (χ0n) is 19.6. The summed E-state index contributed by atoms with van der Waals surface area (Å²) in [5, 5.41) is 29.9. The summed E-state index contributed by atoms with van der Waals surface area (Å²) in [7, 11) is 0. The van der Waals surface area contributed by atoms with Crippen LogP contribution in [0.25, 0.3) is 0 Å². The number of thiazole rings is 1. The molecule has 0 spiro atoms. The standard InChI is InChI=1S/C22H22N6O7S2/c1-22(2,20(33)34)35-26-13(12-10-37-21(23)24-12)16(29)25-14-17(30)28-15(19(31)32)11(9-36-18(14)28)8-27-6-4-3-5-7-27/h3-7,9-10,14-15,18H,8H2,1-2H3,(H4-,23,24,25,29,31,32,33,34)/b26-13-/t14-,15?,18-/m1/s1. The van der Waals surface area contributed by atoms with E-state index in [0.717, 1.165) is 11.3 Å². The number of hydrogen-bond donors (Lipinski definition) is 3. The Hall–Kier alpha value is -3.98. The molecule has 4 heterocycles. The van der Waals surface area contributed by atoms with E-state index in [2.05, 4.69) is 15.5 Å². The summed E-state index contributed by atoms with van der Waals surface area (Å²) in [5.41, 5.74) is 3.92. The van der Waals surface area contributed by atoms with Crippen LogP contribution in [0.4, 0.5) is 5.13 Å². The zero-order valence-corrected chi connectivity index (χ0v) is 21.2. The van der Waals surface area contributed by atoms with E-state index in [-0.39, 0.29) is 17.4 Å². The summed E-state index contributed by atoms with van der Waals surface area (Å²) >= 11 is 2.23. The number of carboxylic acids is 2. The van der Waals surface area contributed by atoms with E-state index < -0.39 is 52.5 Å². The molecule has 4 N–H and O–H groups in total. The molecule has 2 aromatic rings. The molecule has 0 bridgehead atoms. The van der Waals surface area contributed by atoms with Gasteiger partial charge in [-0.05, 0) is 19.3 Å². The molecule has 2 aliphatic rings. The van der Waals surface area contributed by atoms with Gasteiger partial charge in [0.1, 0.15) is 17.1 Å². The van der Waals surface area contributed by atoms with Gasteiger partial charge in [0.25, 0.3) is 5.91 Å². The molecule has 1 saturated heterocycles. The molecule has 15 heteroatoms. The number of hydrogen-bond acceptors (Lipinski definition) is 11. The number of carbonyl (C=O) groups excluding carboxylic acids is 3. The lowest BCUT2D eigenvalue weighted by atomic mass is 9.97. The van der Waals surface area contributed by atoms with Gasteiger partial charge in [0.15, 0.2) is 41.4 Å². The number of nitrogen functional groups attached to an aromatic ring is 1. The number of nitrogens with two attached hydrogens (primary N) is 1. The maximum Gasteiger partial charge on any atom is 0.331 e. The third-order valence-electron chi connectivity index (χ3n) is 5.57. The summed E-state index contributed by atoms with van der Waals surface area (Å²) in [6.07, 6.45) is 3.57. The minimum absolute atomic E-state index is 0.0135. The SMILES string of the molecule is CC(C)(O/N=C(\C(=O)N[C@@H]1C(=O)N2C(C(=O)O)C(C[n+]3ccccc3)=CS[C@H]12)c1csc(N)n1)C(=O)[O-]. The predicted octanol–water partition coefficient (Wildman–Crippen LogP) is -1.30. The average Bonchev–Trinajstić information content (AvgIpc) is 3.28. The number of carboxylic acid groups (broad SMARTS) is 2. The first-order valence-corrected chi connectivity index (χ1v) is 12.6. The Morgan fingerprint density at radius 2 is 2.03 bits per heavy atom. The van der Waals surface area contributed by atoms with Crippen molar-refractivity contribution in [3.63, 3.8) is 0 Å². The number of β-lactam (4-membered cyclic amide) rings is 1. The maximum atomic E-state index is 13.1. The molecule has 2 aromatic heterocycles. The molecular formula is C22H22N6O7S2. The number of fused-ring (bicyclic) bond motifs is 1. The van der Waals surface area contributed by atoms with Gasteiger partial charge in [-0.1, -0.05) is 11.2 Å². The molecular weight excluding hydrogens is 524 g/mol. The molecule has 37 heavy (non-hydrogen) atoms. The number of oxime groups is 1. The minimum Gasteiger partial charge on any atom is -0.546 e. The molecule has 2 amide bonds. The van der Waals surface area contributed by atoms with Crippen molar-refractivity contribution in [1.29, 1.82) is 0 Å². The topological polar surface area (TPSA) is 191 Å². The van der Waals surface area contributed by atoms with Crippen molar-refractivity contribution >= 4 is 57.7 Å². The molecule has 194 valence electrons. The maximum absolute atomic E-state index is 13.1. The van der Waals surface area contributed by atoms with Crippen LogP contribution in [0.1, 0.15) is 19.5 Å². The van der Waals surface area contributed by atoms with Gasteiger partial charge < -0.3 is 35.8 Å². The summed E-state index contributed by atoms with van der Waals surface area (Å²) in [5.74, 6) is -4.22. The van der Waals surface area contributed by atoms with Crippen LogP contribution in [0, 0.1) is 0 Å². The summed E-state index contributed by atoms with van der Waals surface area (Å²) in [6.45, 7) is 2.64. The number of aliphatic carboxylic acids is 2. The van der Waals surface area contributed by atoms with Gasteiger partial charge in [0.2, 0.25) is 5.91 Å². The van der Waals surface area contributed by atoms with Crippen molar-refractivity contribution in [3.05, 3.63) is 52.6 Å². The largest absolute Gasteiger partial charge is 0.546 e. The van der Waals surface area contributed by atoms with Crippen molar-refractivity contribution < 1.29 is 38.8 Å². The number of carbonyl (C=O) groups is 4. The molecule has 0 radical (unpaired) electrons. The number of rotatable bonds is 9. The van der Waals surface area contributed by atoms with Crippen LogP contribution >= 0.6 is 23.1 Å². The summed E-state index contributed by atoms with van der Waals surface area (Å²) < 4.78 is 1.79. The summed E-state index contributed by atoms with van der Waals surface area (Å²) in [6, 6.07) is 3.19. The van der Waals surface area contributed by atoms with E-state index in [1.165, 1.54) is 35.9 Å². The highest BCUT2D eigenvalue weighted by Gasteiger charge is 2.56. The number of nitrogens with one attached hydrogen (secondary N) is 1. The lowest BCUT2D eigenvalue weighted by molar-refractivity contribution is -0.689. The highest BCUT2D eigenvalue weighted by Crippen LogP contribution is 2.40. The Morgan fingerprint density at radius 1 is 1.32 bits per heavy atom. The Morgan fingerprint density at radius 3 is 2.62 bits per heavy atom. The lowest BCUT2D eigenvalue weighted by Crippen LogP contribution is -2.74. The van der Waals surface area contributed by atoms with Crippen LogP contribution in [0.5, 0.6) is 0 Å². The fourth-order valence-electron chi connectivity index (χ4n) is 3.60. The van der Waals surface area contributed by atoms with E-state index >= 15 is 0 Å². The molecule has 3 atom stereocenters. The van der Waals surface area contributed by atoms with Crippen molar-refractivity contribution in [1.82, 2.24) is 15.2 Å². The van der Waals surface area contributed by atoms with E-state index in [4.69, 9.17) is 10.6 Å². The number of amides is 2. The van der Waals surface area contributed by atoms with E-state index in [1.54, 1.807) is 22.4 Å². The third kappa shape index (κ3) is 5.27. The predicted molar refractivity (Wildman–Crippen MR) is 130 cm³/mol. The van der Waals surface area contributed by atoms with Crippen LogP contribution in [0.15, 0.2) is 52.1 Å². The smallest absolute Gasteiger partial charge is 0.331 e. The van der Waals surface area contributed by atoms with E-state index in [0.29, 0.717) is 5.57 Å². The lowest BCUT2D eigenvalue weighted by Gasteiger charge is -2.51. The first-order valence-electron chi connectivity index (χ1n) is 10.8. The second-order valence-corrected chi connectivity index (χ2v) is 10.5. The molecule has 1 fully saturated rings. The number of thioether (sulfide) groups is 1. The molecule has 2 aliphatic heterocycles. The molecule has 13 nitrogen and oxygen atoms in total. The zero-order chi connectivity index (χ0) is 26.9. The van der Waals surface area contributed by atoms with Gasteiger partial charge in [-0.25, -0.2) is 14.3 Å². The van der Waals surface area contributed by atoms with Crippen LogP contribution < -0.4 is 20.7 Å². The van der Waals surface area contributed by atoms with Crippen molar-refractivity contribution in [2.75, 3.05) is 5.73 Å².